The Morgan fingerprint density at radius 1 is 0.200 bits per heavy atom. The van der Waals surface area contributed by atoms with E-state index in [1.54, 1.807) is 0 Å². The van der Waals surface area contributed by atoms with Gasteiger partial charge in [0.1, 0.15) is 6.79 Å². The Labute approximate surface area is 377 Å². The quantitative estimate of drug-likeness (QED) is 0.104. The number of hydrogen-bond acceptors (Lipinski definition) is 1. The van der Waals surface area contributed by atoms with E-state index >= 15 is 0 Å². The van der Waals surface area contributed by atoms with E-state index in [9.17, 15) is 0 Å². The van der Waals surface area contributed by atoms with Crippen LogP contribution in [0.1, 0.15) is 4.28 Å². The van der Waals surface area contributed by atoms with E-state index in [4.69, 9.17) is 4.79 Å². The van der Waals surface area contributed by atoms with E-state index in [0.29, 0.717) is 0 Å². The minimum absolute atomic E-state index is 0. The summed E-state index contributed by atoms with van der Waals surface area (Å²) in [5.74, 6) is 0. The standard InChI is InChI=1S/3C18H15P.CH2O.Rh.3H/c3*1-4-10-16(11-5-1)19(17-12-6-2-7-13-17)18-14-8-3-9-15-18;1-2;;;;/h3*1-15H;1H2;;;;/q;;;;+3;3*-1. The van der Waals surface area contributed by atoms with Crippen LogP contribution in [0.15, 0.2) is 273 Å². The molecule has 0 aliphatic carbocycles. The fourth-order valence-corrected chi connectivity index (χ4v) is 13.5. The van der Waals surface area contributed by atoms with Gasteiger partial charge in [-0.05, 0) is 71.5 Å². The van der Waals surface area contributed by atoms with Crippen molar-refractivity contribution in [2.75, 3.05) is 0 Å². The molecule has 300 valence electrons. The van der Waals surface area contributed by atoms with Gasteiger partial charge in [-0.1, -0.05) is 273 Å². The fraction of sp³-hybridized carbons (Fsp3) is 0. The molecule has 0 radical (unpaired) electrons. The van der Waals surface area contributed by atoms with Crippen LogP contribution in [0.5, 0.6) is 0 Å². The Hall–Kier alpha value is -5.44. The topological polar surface area (TPSA) is 17.1 Å². The maximum atomic E-state index is 8.00. The van der Waals surface area contributed by atoms with Crippen LogP contribution in [-0.4, -0.2) is 6.79 Å². The largest absolute Gasteiger partial charge is 3.00 e. The summed E-state index contributed by atoms with van der Waals surface area (Å²) in [4.78, 5) is 8.00. The van der Waals surface area contributed by atoms with E-state index in [-0.39, 0.29) is 23.8 Å². The van der Waals surface area contributed by atoms with Crippen LogP contribution >= 0.6 is 23.8 Å². The van der Waals surface area contributed by atoms with Crippen molar-refractivity contribution in [1.82, 2.24) is 0 Å². The zero-order valence-corrected chi connectivity index (χ0v) is 37.6. The molecule has 0 spiro atoms. The maximum absolute atomic E-state index is 8.00. The molecule has 1 nitrogen and oxygen atoms in total. The van der Waals surface area contributed by atoms with Gasteiger partial charge in [0, 0.05) is 0 Å². The first-order chi connectivity index (χ1) is 29.3. The molecule has 0 unspecified atom stereocenters. The van der Waals surface area contributed by atoms with E-state index < -0.39 is 23.8 Å². The summed E-state index contributed by atoms with van der Waals surface area (Å²) < 4.78 is 0. The third kappa shape index (κ3) is 13.3. The average Bonchev–Trinajstić information content (AvgIpc) is 3.34. The number of benzene rings is 9. The van der Waals surface area contributed by atoms with Gasteiger partial charge in [0.25, 0.3) is 0 Å². The molecular formula is C55H50OP3Rh. The van der Waals surface area contributed by atoms with Gasteiger partial charge in [-0.2, -0.15) is 0 Å². The molecule has 5 heteroatoms. The van der Waals surface area contributed by atoms with E-state index in [0.717, 1.165) is 0 Å². The molecule has 0 heterocycles. The molecule has 9 aromatic rings. The SMILES string of the molecule is C=O.[H-].[H-].[H-].[Rh+3].c1ccc(P(c2ccccc2)c2ccccc2)cc1.c1ccc(P(c2ccccc2)c2ccccc2)cc1.c1ccc(P(c2ccccc2)c2ccccc2)cc1. The van der Waals surface area contributed by atoms with E-state index in [2.05, 4.69) is 273 Å². The molecule has 0 aliphatic heterocycles. The van der Waals surface area contributed by atoms with Crippen LogP contribution in [0.4, 0.5) is 0 Å². The van der Waals surface area contributed by atoms with Crippen molar-refractivity contribution in [2.24, 2.45) is 0 Å². The van der Waals surface area contributed by atoms with Crippen molar-refractivity contribution < 1.29 is 28.6 Å². The molecule has 0 N–H and O–H groups in total. The Morgan fingerprint density at radius 2 is 0.283 bits per heavy atom. The monoisotopic (exact) mass is 922 g/mol. The first-order valence-corrected chi connectivity index (χ1v) is 23.5. The van der Waals surface area contributed by atoms with Crippen molar-refractivity contribution in [3.05, 3.63) is 273 Å². The van der Waals surface area contributed by atoms with Gasteiger partial charge in [-0.25, -0.2) is 0 Å². The molecule has 0 amide bonds. The summed E-state index contributed by atoms with van der Waals surface area (Å²) in [6, 6.07) is 97.0. The predicted molar refractivity (Wildman–Crippen MR) is 266 cm³/mol. The van der Waals surface area contributed by atoms with Crippen LogP contribution in [-0.2, 0) is 24.3 Å². The average molecular weight is 923 g/mol. The Morgan fingerprint density at radius 3 is 0.367 bits per heavy atom. The van der Waals surface area contributed by atoms with Crippen LogP contribution < -0.4 is 47.7 Å². The molecular weight excluding hydrogens is 872 g/mol. The Bertz CT molecular complexity index is 1900. The maximum Gasteiger partial charge on any atom is 3.00 e. The first-order valence-electron chi connectivity index (χ1n) is 19.5. The molecule has 0 aliphatic rings. The minimum Gasteiger partial charge on any atom is -1.00 e. The third-order valence-corrected chi connectivity index (χ3v) is 16.5. The summed E-state index contributed by atoms with van der Waals surface area (Å²) in [6.45, 7) is 2.00. The van der Waals surface area contributed by atoms with Gasteiger partial charge in [0.15, 0.2) is 0 Å². The smallest absolute Gasteiger partial charge is 1.00 e. The summed E-state index contributed by atoms with van der Waals surface area (Å²) in [5.41, 5.74) is 0. The summed E-state index contributed by atoms with van der Waals surface area (Å²) >= 11 is 0. The first kappa shape index (κ1) is 45.6. The van der Waals surface area contributed by atoms with Crippen molar-refractivity contribution in [2.45, 2.75) is 0 Å². The molecule has 0 saturated carbocycles. The molecule has 0 fully saturated rings. The van der Waals surface area contributed by atoms with Gasteiger partial charge in [-0.3, -0.25) is 0 Å². The van der Waals surface area contributed by atoms with Crippen LogP contribution in [0.25, 0.3) is 0 Å². The normalized spacial score (nSPS) is 10.1. The summed E-state index contributed by atoms with van der Waals surface area (Å²) in [7, 11) is -1.34. The Kier molecular flexibility index (Phi) is 19.7. The number of carbonyl (C=O) groups is 1. The van der Waals surface area contributed by atoms with Crippen LogP contribution in [0, 0.1) is 0 Å². The zero-order valence-electron chi connectivity index (χ0n) is 36.3. The predicted octanol–water partition coefficient (Wildman–Crippen LogP) is 10.5. The number of hydrogen-bond donors (Lipinski definition) is 0. The van der Waals surface area contributed by atoms with Crippen molar-refractivity contribution in [3.8, 4) is 0 Å². The fourth-order valence-electron chi connectivity index (χ4n) is 6.54. The third-order valence-electron chi connectivity index (χ3n) is 9.13. The molecule has 0 atom stereocenters. The van der Waals surface area contributed by atoms with Gasteiger partial charge in [0.05, 0.1) is 0 Å². The second-order valence-corrected chi connectivity index (χ2v) is 19.7. The van der Waals surface area contributed by atoms with Crippen LogP contribution in [0.2, 0.25) is 0 Å². The number of carbonyl (C=O) groups excluding carboxylic acids is 1. The van der Waals surface area contributed by atoms with Gasteiger partial charge < -0.3 is 9.07 Å². The van der Waals surface area contributed by atoms with Gasteiger partial charge >= 0.3 is 19.5 Å². The van der Waals surface area contributed by atoms with Gasteiger partial charge in [-0.15, -0.1) is 0 Å². The van der Waals surface area contributed by atoms with E-state index in [1.165, 1.54) is 47.7 Å². The zero-order chi connectivity index (χ0) is 40.7. The molecule has 60 heavy (non-hydrogen) atoms. The van der Waals surface area contributed by atoms with Crippen molar-refractivity contribution in [1.29, 1.82) is 0 Å². The molecule has 9 rings (SSSR count). The van der Waals surface area contributed by atoms with Crippen molar-refractivity contribution in [3.63, 3.8) is 0 Å². The molecule has 9 aromatic carbocycles. The second-order valence-electron chi connectivity index (χ2n) is 13.0. The summed E-state index contributed by atoms with van der Waals surface area (Å²) in [6.07, 6.45) is 0. The van der Waals surface area contributed by atoms with Crippen LogP contribution in [0.3, 0.4) is 0 Å². The summed E-state index contributed by atoms with van der Waals surface area (Å²) in [5, 5.41) is 12.6. The molecule has 0 bridgehead atoms. The number of rotatable bonds is 9. The van der Waals surface area contributed by atoms with Crippen molar-refractivity contribution >= 4 is 78.3 Å². The second kappa shape index (κ2) is 25.9. The van der Waals surface area contributed by atoms with Gasteiger partial charge in [0.2, 0.25) is 0 Å². The minimum atomic E-state index is -0.446. The molecule has 0 aromatic heterocycles. The van der Waals surface area contributed by atoms with E-state index in [1.807, 2.05) is 6.79 Å². The molecule has 0 saturated heterocycles. The Balaban J connectivity index is 0.000000309.